The molecule has 1 aliphatic rings. The fourth-order valence-corrected chi connectivity index (χ4v) is 2.76. The van der Waals surface area contributed by atoms with Crippen molar-refractivity contribution in [3.63, 3.8) is 0 Å². The zero-order valence-electron chi connectivity index (χ0n) is 12.7. The average molecular weight is 329 g/mol. The number of carbonyl (C=O) groups is 1. The molecular weight excluding hydrogens is 312 g/mol. The summed E-state index contributed by atoms with van der Waals surface area (Å²) in [4.78, 5) is 16.6. The molecule has 2 N–H and O–H groups in total. The highest BCUT2D eigenvalue weighted by molar-refractivity contribution is 6.31. The van der Waals surface area contributed by atoms with Crippen LogP contribution in [0, 0.1) is 0 Å². The van der Waals surface area contributed by atoms with Crippen molar-refractivity contribution >= 4 is 28.9 Å². The molecular formula is C18H17ClN2O2. The number of phenolic OH excluding ortho intramolecular Hbond substituents is 1. The van der Waals surface area contributed by atoms with Crippen LogP contribution in [0.15, 0.2) is 47.5 Å². The second kappa shape index (κ2) is 6.42. The number of benzene rings is 2. The summed E-state index contributed by atoms with van der Waals surface area (Å²) in [5.74, 6) is 0.134. The second-order valence-electron chi connectivity index (χ2n) is 5.60. The van der Waals surface area contributed by atoms with Gasteiger partial charge in [-0.1, -0.05) is 23.7 Å². The Labute approximate surface area is 139 Å². The average Bonchev–Trinajstić information content (AvgIpc) is 2.65. The maximum atomic E-state index is 12.0. The summed E-state index contributed by atoms with van der Waals surface area (Å²) in [5, 5.41) is 12.9. The number of amides is 1. The number of aromatic hydroxyl groups is 1. The van der Waals surface area contributed by atoms with Crippen LogP contribution in [-0.4, -0.2) is 22.8 Å². The molecule has 1 atom stereocenters. The molecule has 23 heavy (non-hydrogen) atoms. The lowest BCUT2D eigenvalue weighted by Crippen LogP contribution is -2.22. The van der Waals surface area contributed by atoms with Gasteiger partial charge in [0, 0.05) is 22.0 Å². The van der Waals surface area contributed by atoms with Crippen molar-refractivity contribution in [1.29, 1.82) is 0 Å². The third-order valence-corrected chi connectivity index (χ3v) is 4.10. The number of rotatable bonds is 3. The lowest BCUT2D eigenvalue weighted by atomic mass is 10.0. The Morgan fingerprint density at radius 3 is 2.65 bits per heavy atom. The third kappa shape index (κ3) is 3.54. The Bertz CT molecular complexity index is 769. The summed E-state index contributed by atoms with van der Waals surface area (Å²) in [5.41, 5.74) is 3.58. The van der Waals surface area contributed by atoms with Crippen molar-refractivity contribution in [1.82, 2.24) is 0 Å². The number of aryl methyl sites for hydroxylation is 1. The van der Waals surface area contributed by atoms with Crippen LogP contribution in [0.5, 0.6) is 5.75 Å². The largest absolute Gasteiger partial charge is 0.508 e. The highest BCUT2D eigenvalue weighted by Gasteiger charge is 2.21. The molecule has 0 saturated heterocycles. The number of benzodiazepines with no additional fused rings is 1. The summed E-state index contributed by atoms with van der Waals surface area (Å²) in [7, 11) is 0. The molecule has 1 unspecified atom stereocenters. The number of nitrogens with zero attached hydrogens (tertiary/aromatic N) is 1. The molecule has 118 valence electrons. The van der Waals surface area contributed by atoms with Crippen molar-refractivity contribution in [3.8, 4) is 5.75 Å². The van der Waals surface area contributed by atoms with Crippen molar-refractivity contribution in [2.45, 2.75) is 25.8 Å². The molecule has 0 radical (unpaired) electrons. The zero-order chi connectivity index (χ0) is 16.4. The molecule has 2 aromatic rings. The first-order valence-corrected chi connectivity index (χ1v) is 7.86. The summed E-state index contributed by atoms with van der Waals surface area (Å²) in [6, 6.07) is 12.1. The Kier molecular flexibility index (Phi) is 4.35. The van der Waals surface area contributed by atoms with Crippen LogP contribution in [0.3, 0.4) is 0 Å². The van der Waals surface area contributed by atoms with Crippen molar-refractivity contribution in [3.05, 3.63) is 58.6 Å². The molecule has 0 aliphatic carbocycles. The van der Waals surface area contributed by atoms with Gasteiger partial charge in [-0.25, -0.2) is 0 Å². The van der Waals surface area contributed by atoms with E-state index in [1.165, 1.54) is 0 Å². The molecule has 0 saturated carbocycles. The van der Waals surface area contributed by atoms with Gasteiger partial charge in [-0.05, 0) is 55.7 Å². The standard InChI is InChI=1S/C18H17ClN2O2/c1-11-18(23)21-17-9-5-13(19)10-15(17)16(20-11)8-4-12-2-6-14(22)7-3-12/h2-3,5-7,9-11,22H,4,8H2,1H3,(H,21,23). The van der Waals surface area contributed by atoms with Crippen molar-refractivity contribution in [2.24, 2.45) is 4.99 Å². The molecule has 2 aromatic carbocycles. The fraction of sp³-hybridized carbons (Fsp3) is 0.222. The molecule has 1 heterocycles. The van der Waals surface area contributed by atoms with Gasteiger partial charge >= 0.3 is 0 Å². The highest BCUT2D eigenvalue weighted by atomic mass is 35.5. The summed E-state index contributed by atoms with van der Waals surface area (Å²) in [6.45, 7) is 1.78. The van der Waals surface area contributed by atoms with E-state index in [4.69, 9.17) is 11.6 Å². The van der Waals surface area contributed by atoms with E-state index in [2.05, 4.69) is 10.3 Å². The number of fused-ring (bicyclic) bond motifs is 1. The lowest BCUT2D eigenvalue weighted by Gasteiger charge is -2.10. The van der Waals surface area contributed by atoms with Crippen LogP contribution in [0.1, 0.15) is 24.5 Å². The van der Waals surface area contributed by atoms with Crippen LogP contribution in [-0.2, 0) is 11.2 Å². The Morgan fingerprint density at radius 1 is 1.17 bits per heavy atom. The number of carbonyl (C=O) groups excluding carboxylic acids is 1. The van der Waals surface area contributed by atoms with E-state index < -0.39 is 6.04 Å². The molecule has 0 fully saturated rings. The molecule has 0 bridgehead atoms. The van der Waals surface area contributed by atoms with E-state index >= 15 is 0 Å². The number of halogens is 1. The van der Waals surface area contributed by atoms with Crippen molar-refractivity contribution < 1.29 is 9.90 Å². The van der Waals surface area contributed by atoms with Crippen LogP contribution >= 0.6 is 11.6 Å². The van der Waals surface area contributed by atoms with E-state index in [9.17, 15) is 9.90 Å². The summed E-state index contributed by atoms with van der Waals surface area (Å²) >= 11 is 6.11. The van der Waals surface area contributed by atoms with Crippen molar-refractivity contribution in [2.75, 3.05) is 5.32 Å². The molecule has 4 nitrogen and oxygen atoms in total. The molecule has 3 rings (SSSR count). The van der Waals surface area contributed by atoms with Gasteiger partial charge in [0.25, 0.3) is 0 Å². The minimum atomic E-state index is -0.434. The Balaban J connectivity index is 1.89. The number of nitrogens with one attached hydrogen (secondary N) is 1. The van der Waals surface area contributed by atoms with Crippen LogP contribution in [0.4, 0.5) is 5.69 Å². The summed E-state index contributed by atoms with van der Waals surface area (Å²) in [6.07, 6.45) is 1.46. The summed E-state index contributed by atoms with van der Waals surface area (Å²) < 4.78 is 0. The van der Waals surface area contributed by atoms with Gasteiger partial charge in [0.05, 0.1) is 0 Å². The van der Waals surface area contributed by atoms with Gasteiger partial charge < -0.3 is 10.4 Å². The SMILES string of the molecule is CC1N=C(CCc2ccc(O)cc2)c2cc(Cl)ccc2NC1=O. The number of phenols is 1. The molecule has 1 amide bonds. The maximum absolute atomic E-state index is 12.0. The zero-order valence-corrected chi connectivity index (χ0v) is 13.5. The third-order valence-electron chi connectivity index (χ3n) is 3.87. The van der Waals surface area contributed by atoms with Gasteiger partial charge in [0.15, 0.2) is 0 Å². The number of anilines is 1. The minimum absolute atomic E-state index is 0.117. The predicted molar refractivity (Wildman–Crippen MR) is 92.5 cm³/mol. The van der Waals surface area contributed by atoms with Gasteiger partial charge in [-0.15, -0.1) is 0 Å². The van der Waals surface area contributed by atoms with E-state index in [-0.39, 0.29) is 11.7 Å². The van der Waals surface area contributed by atoms with Crippen LogP contribution < -0.4 is 5.32 Å². The van der Waals surface area contributed by atoms with E-state index in [0.717, 1.165) is 28.9 Å². The highest BCUT2D eigenvalue weighted by Crippen LogP contribution is 2.26. The molecule has 0 spiro atoms. The monoisotopic (exact) mass is 328 g/mol. The fourth-order valence-electron chi connectivity index (χ4n) is 2.59. The quantitative estimate of drug-likeness (QED) is 0.900. The first-order chi connectivity index (χ1) is 11.0. The van der Waals surface area contributed by atoms with Crippen LogP contribution in [0.25, 0.3) is 0 Å². The smallest absolute Gasteiger partial charge is 0.248 e. The van der Waals surface area contributed by atoms with Gasteiger partial charge in [-0.2, -0.15) is 0 Å². The molecule has 5 heteroatoms. The van der Waals surface area contributed by atoms with Gasteiger partial charge in [0.1, 0.15) is 11.8 Å². The normalized spacial score (nSPS) is 17.0. The van der Waals surface area contributed by atoms with E-state index in [0.29, 0.717) is 11.4 Å². The second-order valence-corrected chi connectivity index (χ2v) is 6.03. The minimum Gasteiger partial charge on any atom is -0.508 e. The first kappa shape index (κ1) is 15.6. The van der Waals surface area contributed by atoms with E-state index in [1.807, 2.05) is 24.3 Å². The maximum Gasteiger partial charge on any atom is 0.248 e. The molecule has 0 aromatic heterocycles. The number of aliphatic imine (C=N–C) groups is 1. The Hall–Kier alpha value is -2.33. The number of hydrogen-bond donors (Lipinski definition) is 2. The van der Waals surface area contributed by atoms with E-state index in [1.54, 1.807) is 25.1 Å². The van der Waals surface area contributed by atoms with Gasteiger partial charge in [0.2, 0.25) is 5.91 Å². The Morgan fingerprint density at radius 2 is 1.91 bits per heavy atom. The van der Waals surface area contributed by atoms with Gasteiger partial charge in [-0.3, -0.25) is 9.79 Å². The number of hydrogen-bond acceptors (Lipinski definition) is 3. The van der Waals surface area contributed by atoms with Crippen LogP contribution in [0.2, 0.25) is 5.02 Å². The lowest BCUT2D eigenvalue weighted by molar-refractivity contribution is -0.116. The molecule has 1 aliphatic heterocycles. The first-order valence-electron chi connectivity index (χ1n) is 7.48. The predicted octanol–water partition coefficient (Wildman–Crippen LogP) is 3.81. The topological polar surface area (TPSA) is 61.7 Å².